The van der Waals surface area contributed by atoms with Crippen LogP contribution in [-0.4, -0.2) is 44.8 Å². The first-order valence-corrected chi connectivity index (χ1v) is 8.31. The molecule has 8 heteroatoms. The van der Waals surface area contributed by atoms with E-state index in [9.17, 15) is 9.59 Å². The third-order valence-electron chi connectivity index (χ3n) is 3.89. The van der Waals surface area contributed by atoms with Crippen LogP contribution in [-0.2, 0) is 22.7 Å². The molecule has 3 rings (SSSR count). The van der Waals surface area contributed by atoms with Crippen LogP contribution in [0.3, 0.4) is 0 Å². The Hall–Kier alpha value is -3.13. The number of amides is 2. The van der Waals surface area contributed by atoms with Gasteiger partial charge in [0.25, 0.3) is 11.8 Å². The second-order valence-corrected chi connectivity index (χ2v) is 5.69. The van der Waals surface area contributed by atoms with Gasteiger partial charge in [0.2, 0.25) is 0 Å². The zero-order chi connectivity index (χ0) is 18.5. The zero-order valence-corrected chi connectivity index (χ0v) is 14.4. The number of aliphatic hydroxyl groups is 1. The Labute approximate surface area is 150 Å². The minimum absolute atomic E-state index is 0.0289. The molecule has 0 unspecified atom stereocenters. The van der Waals surface area contributed by atoms with Crippen LogP contribution >= 0.6 is 0 Å². The molecule has 0 radical (unpaired) electrons. The highest BCUT2D eigenvalue weighted by Crippen LogP contribution is 2.27. The molecule has 2 N–H and O–H groups in total. The number of para-hydroxylation sites is 2. The number of ether oxygens (including phenoxy) is 1. The van der Waals surface area contributed by atoms with Crippen LogP contribution in [0.15, 0.2) is 48.4 Å². The monoisotopic (exact) mass is 356 g/mol. The maximum atomic E-state index is 12.2. The van der Waals surface area contributed by atoms with Crippen molar-refractivity contribution in [3.63, 3.8) is 0 Å². The molecule has 0 bridgehead atoms. The molecule has 0 saturated carbocycles. The number of carbonyl (C=O) groups is 2. The van der Waals surface area contributed by atoms with Gasteiger partial charge < -0.3 is 15.2 Å². The van der Waals surface area contributed by atoms with Crippen molar-refractivity contribution in [3.05, 3.63) is 54.0 Å². The fraction of sp³-hybridized carbons (Fsp3) is 0.278. The molecule has 1 aromatic heterocycles. The van der Waals surface area contributed by atoms with Gasteiger partial charge in [0.05, 0.1) is 25.0 Å². The Morgan fingerprint density at radius 1 is 1.27 bits per heavy atom. The van der Waals surface area contributed by atoms with Crippen LogP contribution in [0.25, 0.3) is 0 Å². The Bertz CT molecular complexity index is 843. The van der Waals surface area contributed by atoms with Crippen LogP contribution in [0.5, 0.6) is 5.75 Å². The van der Waals surface area contributed by atoms with Crippen molar-refractivity contribution in [1.29, 1.82) is 0 Å². The summed E-state index contributed by atoms with van der Waals surface area (Å²) in [6.07, 6.45) is 4.87. The summed E-state index contributed by atoms with van der Waals surface area (Å²) < 4.78 is 7.65. The van der Waals surface area contributed by atoms with Crippen molar-refractivity contribution in [2.45, 2.75) is 20.1 Å². The van der Waals surface area contributed by atoms with Gasteiger partial charge in [-0.25, -0.2) is 0 Å². The van der Waals surface area contributed by atoms with E-state index in [1.54, 1.807) is 24.4 Å². The molecule has 0 spiro atoms. The summed E-state index contributed by atoms with van der Waals surface area (Å²) in [7, 11) is 0. The minimum Gasteiger partial charge on any atom is -0.487 e. The van der Waals surface area contributed by atoms with Gasteiger partial charge >= 0.3 is 0 Å². The molecule has 0 atom stereocenters. The maximum absolute atomic E-state index is 12.2. The van der Waals surface area contributed by atoms with Gasteiger partial charge in [-0.1, -0.05) is 12.1 Å². The quantitative estimate of drug-likeness (QED) is 0.689. The number of β-amino-alcohol motifs (C(OH)–C–C–N with tert-alkyl or cyclic N) is 1. The SMILES string of the molecule is CCn1cc(COc2ccccc2NC2=CC(=O)N(CCO)C2=O)cn1. The van der Waals surface area contributed by atoms with Crippen LogP contribution in [0.1, 0.15) is 12.5 Å². The molecule has 1 aromatic carbocycles. The Kier molecular flexibility index (Phi) is 5.33. The van der Waals surface area contributed by atoms with Crippen LogP contribution < -0.4 is 10.1 Å². The number of benzene rings is 1. The van der Waals surface area contributed by atoms with Crippen LogP contribution in [0, 0.1) is 0 Å². The number of rotatable bonds is 8. The molecule has 2 heterocycles. The number of anilines is 1. The van der Waals surface area contributed by atoms with Crippen molar-refractivity contribution in [1.82, 2.24) is 14.7 Å². The zero-order valence-electron chi connectivity index (χ0n) is 14.4. The van der Waals surface area contributed by atoms with Crippen molar-refractivity contribution in [2.75, 3.05) is 18.5 Å². The minimum atomic E-state index is -0.469. The molecule has 26 heavy (non-hydrogen) atoms. The summed E-state index contributed by atoms with van der Waals surface area (Å²) in [5.74, 6) is -0.362. The van der Waals surface area contributed by atoms with Crippen molar-refractivity contribution < 1.29 is 19.4 Å². The highest BCUT2D eigenvalue weighted by molar-refractivity contribution is 6.17. The van der Waals surface area contributed by atoms with E-state index >= 15 is 0 Å². The molecule has 8 nitrogen and oxygen atoms in total. The third kappa shape index (κ3) is 3.75. The lowest BCUT2D eigenvalue weighted by Gasteiger charge is -2.15. The van der Waals surface area contributed by atoms with E-state index in [0.717, 1.165) is 17.0 Å². The Morgan fingerprint density at radius 3 is 2.81 bits per heavy atom. The first-order valence-electron chi connectivity index (χ1n) is 8.31. The lowest BCUT2D eigenvalue weighted by molar-refractivity contribution is -0.137. The highest BCUT2D eigenvalue weighted by atomic mass is 16.5. The van der Waals surface area contributed by atoms with Crippen LogP contribution in [0.4, 0.5) is 5.69 Å². The lowest BCUT2D eigenvalue weighted by Crippen LogP contribution is -2.34. The van der Waals surface area contributed by atoms with Crippen molar-refractivity contribution in [3.8, 4) is 5.75 Å². The van der Waals surface area contributed by atoms with Gasteiger partial charge in [0.15, 0.2) is 0 Å². The molecule has 0 fully saturated rings. The summed E-state index contributed by atoms with van der Waals surface area (Å²) in [6.45, 7) is 2.82. The second-order valence-electron chi connectivity index (χ2n) is 5.69. The molecule has 0 saturated heterocycles. The van der Waals surface area contributed by atoms with Gasteiger partial charge in [-0.15, -0.1) is 0 Å². The van der Waals surface area contributed by atoms with Crippen molar-refractivity contribution in [2.24, 2.45) is 0 Å². The van der Waals surface area contributed by atoms with Gasteiger partial charge in [0, 0.05) is 24.4 Å². The van der Waals surface area contributed by atoms with Gasteiger partial charge in [0.1, 0.15) is 18.1 Å². The smallest absolute Gasteiger partial charge is 0.277 e. The summed E-state index contributed by atoms with van der Waals surface area (Å²) in [5.41, 5.74) is 1.66. The average molecular weight is 356 g/mol. The van der Waals surface area contributed by atoms with E-state index in [1.165, 1.54) is 6.08 Å². The summed E-state index contributed by atoms with van der Waals surface area (Å²) in [4.78, 5) is 25.1. The van der Waals surface area contributed by atoms with Gasteiger partial charge in [-0.05, 0) is 19.1 Å². The first-order chi connectivity index (χ1) is 12.6. The third-order valence-corrected chi connectivity index (χ3v) is 3.89. The second kappa shape index (κ2) is 7.83. The predicted octanol–water partition coefficient (Wildman–Crippen LogP) is 1.14. The molecule has 1 aliphatic heterocycles. The first kappa shape index (κ1) is 17.7. The van der Waals surface area contributed by atoms with Crippen molar-refractivity contribution >= 4 is 17.5 Å². The summed E-state index contributed by atoms with van der Waals surface area (Å²) >= 11 is 0. The van der Waals surface area contributed by atoms with Gasteiger partial charge in [-0.3, -0.25) is 19.2 Å². The Balaban J connectivity index is 1.70. The van der Waals surface area contributed by atoms with E-state index in [0.29, 0.717) is 18.0 Å². The number of aliphatic hydroxyl groups excluding tert-OH is 1. The summed E-state index contributed by atoms with van der Waals surface area (Å²) in [6, 6.07) is 7.17. The number of aromatic nitrogens is 2. The van der Waals surface area contributed by atoms with E-state index in [4.69, 9.17) is 9.84 Å². The molecule has 1 aliphatic rings. The Morgan fingerprint density at radius 2 is 2.08 bits per heavy atom. The number of aryl methyl sites for hydroxylation is 1. The number of carbonyl (C=O) groups excluding carboxylic acids is 2. The number of nitrogens with zero attached hydrogens (tertiary/aromatic N) is 3. The van der Waals surface area contributed by atoms with E-state index < -0.39 is 11.8 Å². The fourth-order valence-electron chi connectivity index (χ4n) is 2.57. The molecule has 136 valence electrons. The van der Waals surface area contributed by atoms with E-state index in [-0.39, 0.29) is 18.8 Å². The standard InChI is InChI=1S/C18H20N4O4/c1-2-21-11-13(10-19-21)12-26-16-6-4-3-5-14(16)20-15-9-17(24)22(7-8-23)18(15)25/h3-6,9-11,20,23H,2,7-8,12H2,1H3. The maximum Gasteiger partial charge on any atom is 0.277 e. The fourth-order valence-corrected chi connectivity index (χ4v) is 2.57. The number of hydrogen-bond donors (Lipinski definition) is 2. The lowest BCUT2D eigenvalue weighted by atomic mass is 10.2. The normalized spacial score (nSPS) is 13.9. The molecule has 2 aromatic rings. The topological polar surface area (TPSA) is 96.7 Å². The molecular formula is C18H20N4O4. The molecule has 2 amide bonds. The molecular weight excluding hydrogens is 336 g/mol. The average Bonchev–Trinajstić information content (AvgIpc) is 3.21. The predicted molar refractivity (Wildman–Crippen MR) is 94.2 cm³/mol. The van der Waals surface area contributed by atoms with E-state index in [1.807, 2.05) is 23.9 Å². The van der Waals surface area contributed by atoms with Crippen LogP contribution in [0.2, 0.25) is 0 Å². The summed E-state index contributed by atoms with van der Waals surface area (Å²) in [5, 5.41) is 16.1. The van der Waals surface area contributed by atoms with E-state index in [2.05, 4.69) is 10.4 Å². The number of imide groups is 1. The number of nitrogens with one attached hydrogen (secondary N) is 1. The van der Waals surface area contributed by atoms with Gasteiger partial charge in [-0.2, -0.15) is 5.10 Å². The largest absolute Gasteiger partial charge is 0.487 e. The highest BCUT2D eigenvalue weighted by Gasteiger charge is 2.30. The molecule has 0 aliphatic carbocycles. The number of hydrogen-bond acceptors (Lipinski definition) is 6.